The van der Waals surface area contributed by atoms with Crippen molar-refractivity contribution in [2.24, 2.45) is 5.41 Å². The fraction of sp³-hybridized carbons (Fsp3) is 0.833. The molecule has 0 bridgehead atoms. The van der Waals surface area contributed by atoms with Crippen molar-refractivity contribution in [2.75, 3.05) is 6.54 Å². The molecule has 1 aromatic heterocycles. The second-order valence-corrected chi connectivity index (χ2v) is 6.73. The average molecular weight is 239 g/mol. The maximum Gasteiger partial charge on any atom is 0.121 e. The fourth-order valence-electron chi connectivity index (χ4n) is 1.86. The van der Waals surface area contributed by atoms with Gasteiger partial charge in [0.05, 0.1) is 0 Å². The number of aromatic nitrogens is 2. The largest absolute Gasteiger partial charge is 0.314 e. The summed E-state index contributed by atoms with van der Waals surface area (Å²) in [6.07, 6.45) is 2.27. The van der Waals surface area contributed by atoms with E-state index in [1.807, 2.05) is 0 Å². The Bertz CT molecular complexity index is 357. The molecule has 1 aliphatic rings. The van der Waals surface area contributed by atoms with Crippen LogP contribution in [0.4, 0.5) is 0 Å². The Morgan fingerprint density at radius 2 is 2.12 bits per heavy atom. The van der Waals surface area contributed by atoms with Crippen molar-refractivity contribution < 1.29 is 0 Å². The zero-order valence-electron chi connectivity index (χ0n) is 10.6. The van der Waals surface area contributed by atoms with Crippen molar-refractivity contribution in [3.63, 3.8) is 0 Å². The Labute approximate surface area is 102 Å². The van der Waals surface area contributed by atoms with E-state index in [9.17, 15) is 0 Å². The van der Waals surface area contributed by atoms with Crippen LogP contribution in [0.3, 0.4) is 0 Å². The van der Waals surface area contributed by atoms with Crippen molar-refractivity contribution in [3.05, 3.63) is 10.0 Å². The van der Waals surface area contributed by atoms with E-state index in [1.54, 1.807) is 11.3 Å². The summed E-state index contributed by atoms with van der Waals surface area (Å²) in [6, 6.07) is 0.551. The molecule has 0 aromatic carbocycles. The van der Waals surface area contributed by atoms with Gasteiger partial charge in [0.15, 0.2) is 0 Å². The molecule has 1 N–H and O–H groups in total. The van der Waals surface area contributed by atoms with E-state index in [-0.39, 0.29) is 0 Å². The van der Waals surface area contributed by atoms with Gasteiger partial charge in [0.1, 0.15) is 10.0 Å². The summed E-state index contributed by atoms with van der Waals surface area (Å²) in [5, 5.41) is 14.4. The normalized spacial score (nSPS) is 22.7. The zero-order chi connectivity index (χ0) is 11.8. The first-order chi connectivity index (χ1) is 7.49. The first kappa shape index (κ1) is 12.0. The maximum absolute atomic E-state index is 4.31. The molecule has 1 atom stereocenters. The fourth-order valence-corrected chi connectivity index (χ4v) is 3.02. The van der Waals surface area contributed by atoms with Crippen LogP contribution in [0.5, 0.6) is 0 Å². The first-order valence-electron chi connectivity index (χ1n) is 6.05. The summed E-state index contributed by atoms with van der Waals surface area (Å²) >= 11 is 1.80. The molecule has 0 aliphatic heterocycles. The van der Waals surface area contributed by atoms with Gasteiger partial charge in [0.25, 0.3) is 0 Å². The SMILES string of the molecule is CC(C)NCCc1nnc(C2CC2(C)C)s1. The Kier molecular flexibility index (Phi) is 3.31. The van der Waals surface area contributed by atoms with E-state index in [2.05, 4.69) is 43.2 Å². The predicted molar refractivity (Wildman–Crippen MR) is 67.9 cm³/mol. The summed E-state index contributed by atoms with van der Waals surface area (Å²) in [4.78, 5) is 0. The summed E-state index contributed by atoms with van der Waals surface area (Å²) in [6.45, 7) is 9.94. The summed E-state index contributed by atoms with van der Waals surface area (Å²) < 4.78 is 0. The van der Waals surface area contributed by atoms with E-state index in [0.29, 0.717) is 17.4 Å². The van der Waals surface area contributed by atoms with E-state index < -0.39 is 0 Å². The minimum Gasteiger partial charge on any atom is -0.314 e. The van der Waals surface area contributed by atoms with Crippen LogP contribution in [-0.4, -0.2) is 22.8 Å². The molecule has 4 heteroatoms. The molecule has 1 aromatic rings. The smallest absolute Gasteiger partial charge is 0.121 e. The summed E-state index contributed by atoms with van der Waals surface area (Å²) in [5.74, 6) is 0.664. The molecule has 1 aliphatic carbocycles. The second kappa shape index (κ2) is 4.41. The van der Waals surface area contributed by atoms with Gasteiger partial charge in [-0.1, -0.05) is 27.7 Å². The van der Waals surface area contributed by atoms with Gasteiger partial charge in [-0.25, -0.2) is 0 Å². The van der Waals surface area contributed by atoms with E-state index in [4.69, 9.17) is 0 Å². The Morgan fingerprint density at radius 1 is 1.44 bits per heavy atom. The monoisotopic (exact) mass is 239 g/mol. The van der Waals surface area contributed by atoms with Crippen molar-refractivity contribution in [3.8, 4) is 0 Å². The van der Waals surface area contributed by atoms with Crippen LogP contribution in [0.15, 0.2) is 0 Å². The van der Waals surface area contributed by atoms with Gasteiger partial charge in [-0.15, -0.1) is 21.5 Å². The number of hydrogen-bond acceptors (Lipinski definition) is 4. The lowest BCUT2D eigenvalue weighted by molar-refractivity contribution is 0.588. The van der Waals surface area contributed by atoms with Crippen molar-refractivity contribution >= 4 is 11.3 Å². The Balaban J connectivity index is 1.84. The lowest BCUT2D eigenvalue weighted by Gasteiger charge is -2.05. The van der Waals surface area contributed by atoms with Crippen molar-refractivity contribution in [1.82, 2.24) is 15.5 Å². The number of nitrogens with one attached hydrogen (secondary N) is 1. The van der Waals surface area contributed by atoms with Gasteiger partial charge in [-0.05, 0) is 11.8 Å². The molecule has 1 heterocycles. The topological polar surface area (TPSA) is 37.8 Å². The molecule has 0 saturated heterocycles. The van der Waals surface area contributed by atoms with Crippen LogP contribution in [0.25, 0.3) is 0 Å². The molecule has 1 unspecified atom stereocenters. The molecule has 1 fully saturated rings. The zero-order valence-corrected chi connectivity index (χ0v) is 11.4. The third-order valence-corrected chi connectivity index (χ3v) is 4.28. The molecule has 90 valence electrons. The van der Waals surface area contributed by atoms with Crippen LogP contribution in [-0.2, 0) is 6.42 Å². The maximum atomic E-state index is 4.31. The molecule has 3 nitrogen and oxygen atoms in total. The van der Waals surface area contributed by atoms with Crippen LogP contribution in [0.2, 0.25) is 0 Å². The molecular weight excluding hydrogens is 218 g/mol. The number of rotatable bonds is 5. The molecule has 0 amide bonds. The van der Waals surface area contributed by atoms with Crippen LogP contribution < -0.4 is 5.32 Å². The molecule has 2 rings (SSSR count). The van der Waals surface area contributed by atoms with E-state index >= 15 is 0 Å². The Morgan fingerprint density at radius 3 is 2.69 bits per heavy atom. The van der Waals surface area contributed by atoms with Gasteiger partial charge < -0.3 is 5.32 Å². The van der Waals surface area contributed by atoms with Gasteiger partial charge in [0, 0.05) is 24.9 Å². The Hall–Kier alpha value is -0.480. The highest BCUT2D eigenvalue weighted by Gasteiger charge is 2.48. The van der Waals surface area contributed by atoms with Gasteiger partial charge in [-0.3, -0.25) is 0 Å². The third kappa shape index (κ3) is 2.80. The van der Waals surface area contributed by atoms with Crippen molar-refractivity contribution in [1.29, 1.82) is 0 Å². The third-order valence-electron chi connectivity index (χ3n) is 3.19. The van der Waals surface area contributed by atoms with Crippen LogP contribution >= 0.6 is 11.3 Å². The van der Waals surface area contributed by atoms with Gasteiger partial charge >= 0.3 is 0 Å². The van der Waals surface area contributed by atoms with E-state index in [0.717, 1.165) is 13.0 Å². The van der Waals surface area contributed by atoms with Crippen molar-refractivity contribution in [2.45, 2.75) is 52.5 Å². The minimum absolute atomic E-state index is 0.465. The molecule has 0 spiro atoms. The quantitative estimate of drug-likeness (QED) is 0.858. The highest BCUT2D eigenvalue weighted by atomic mass is 32.1. The van der Waals surface area contributed by atoms with Crippen LogP contribution in [0, 0.1) is 5.41 Å². The van der Waals surface area contributed by atoms with E-state index in [1.165, 1.54) is 16.4 Å². The molecule has 1 saturated carbocycles. The number of hydrogen-bond donors (Lipinski definition) is 1. The first-order valence-corrected chi connectivity index (χ1v) is 6.86. The molecule has 16 heavy (non-hydrogen) atoms. The second-order valence-electron chi connectivity index (χ2n) is 5.64. The lowest BCUT2D eigenvalue weighted by Crippen LogP contribution is -2.24. The number of nitrogens with zero attached hydrogens (tertiary/aromatic N) is 2. The van der Waals surface area contributed by atoms with Gasteiger partial charge in [-0.2, -0.15) is 0 Å². The molecule has 0 radical (unpaired) electrons. The van der Waals surface area contributed by atoms with Crippen LogP contribution in [0.1, 0.15) is 50.0 Å². The lowest BCUT2D eigenvalue weighted by atomic mass is 10.1. The predicted octanol–water partition coefficient (Wildman–Crippen LogP) is 2.59. The summed E-state index contributed by atoms with van der Waals surface area (Å²) in [7, 11) is 0. The highest BCUT2D eigenvalue weighted by molar-refractivity contribution is 7.11. The van der Waals surface area contributed by atoms with Gasteiger partial charge in [0.2, 0.25) is 0 Å². The summed E-state index contributed by atoms with van der Waals surface area (Å²) in [5.41, 5.74) is 0.465. The minimum atomic E-state index is 0.465. The highest BCUT2D eigenvalue weighted by Crippen LogP contribution is 2.58. The standard InChI is InChI=1S/C12H21N3S/c1-8(2)13-6-5-10-14-15-11(16-10)9-7-12(9,3)4/h8-9,13H,5-7H2,1-4H3. The average Bonchev–Trinajstić information content (AvgIpc) is 2.60. The molecular formula is C12H21N3S.